The van der Waals surface area contributed by atoms with Gasteiger partial charge in [0.1, 0.15) is 18.1 Å². The quantitative estimate of drug-likeness (QED) is 0.219. The van der Waals surface area contributed by atoms with Gasteiger partial charge in [0.2, 0.25) is 0 Å². The van der Waals surface area contributed by atoms with E-state index in [2.05, 4.69) is 22.6 Å². The van der Waals surface area contributed by atoms with Crippen molar-refractivity contribution in [1.29, 1.82) is 0 Å². The second-order valence-corrected chi connectivity index (χ2v) is 9.79. The topological polar surface area (TPSA) is 60.4 Å². The normalized spacial score (nSPS) is 15.7. The lowest BCUT2D eigenvalue weighted by Crippen LogP contribution is -2.32. The highest BCUT2D eigenvalue weighted by molar-refractivity contribution is 14.1. The van der Waals surface area contributed by atoms with E-state index in [9.17, 15) is 4.79 Å². The minimum atomic E-state index is -0.0845. The first kappa shape index (κ1) is 25.3. The lowest BCUT2D eigenvalue weighted by molar-refractivity contribution is -0.122. The van der Waals surface area contributed by atoms with Gasteiger partial charge >= 0.3 is 0 Å². The fraction of sp³-hybridized carbons (Fsp3) is 0.185. The molecular formula is C27H25IN2O4S. The summed E-state index contributed by atoms with van der Waals surface area (Å²) in [5, 5.41) is 0.626. The van der Waals surface area contributed by atoms with Crippen molar-refractivity contribution in [3.05, 3.63) is 92.4 Å². The van der Waals surface area contributed by atoms with Crippen LogP contribution in [0.15, 0.2) is 82.7 Å². The summed E-state index contributed by atoms with van der Waals surface area (Å²) in [6, 6.07) is 23.4. The summed E-state index contributed by atoms with van der Waals surface area (Å²) in [7, 11) is 3.24. The molecule has 0 radical (unpaired) electrons. The second kappa shape index (κ2) is 12.2. The number of amidine groups is 1. The first-order chi connectivity index (χ1) is 17.1. The summed E-state index contributed by atoms with van der Waals surface area (Å²) < 4.78 is 17.4. The van der Waals surface area contributed by atoms with Crippen molar-refractivity contribution >= 4 is 57.2 Å². The van der Waals surface area contributed by atoms with Crippen LogP contribution in [0.5, 0.6) is 11.5 Å². The Morgan fingerprint density at radius 1 is 1.03 bits per heavy atom. The van der Waals surface area contributed by atoms with Crippen LogP contribution in [-0.2, 0) is 16.1 Å². The predicted molar refractivity (Wildman–Crippen MR) is 149 cm³/mol. The number of carbonyl (C=O) groups excluding carboxylic acids is 1. The number of amides is 1. The average Bonchev–Trinajstić information content (AvgIpc) is 3.16. The molecule has 0 aromatic heterocycles. The second-order valence-electron chi connectivity index (χ2n) is 7.62. The highest BCUT2D eigenvalue weighted by Gasteiger charge is 2.33. The predicted octanol–water partition coefficient (Wildman–Crippen LogP) is 6.13. The molecule has 0 N–H and O–H groups in total. The van der Waals surface area contributed by atoms with Crippen LogP contribution in [-0.4, -0.2) is 43.3 Å². The minimum Gasteiger partial charge on any atom is -0.497 e. The molecule has 1 aliphatic heterocycles. The Labute approximate surface area is 223 Å². The van der Waals surface area contributed by atoms with E-state index in [0.29, 0.717) is 29.8 Å². The highest BCUT2D eigenvalue weighted by atomic mass is 127. The molecule has 0 atom stereocenters. The highest BCUT2D eigenvalue weighted by Crippen LogP contribution is 2.35. The van der Waals surface area contributed by atoms with Gasteiger partial charge in [0.15, 0.2) is 5.17 Å². The zero-order valence-corrected chi connectivity index (χ0v) is 22.4. The summed E-state index contributed by atoms with van der Waals surface area (Å²) in [4.78, 5) is 20.2. The number of rotatable bonds is 9. The summed E-state index contributed by atoms with van der Waals surface area (Å²) >= 11 is 3.62. The van der Waals surface area contributed by atoms with E-state index in [4.69, 9.17) is 19.2 Å². The van der Waals surface area contributed by atoms with E-state index < -0.39 is 0 Å². The van der Waals surface area contributed by atoms with Gasteiger partial charge in [0.25, 0.3) is 5.91 Å². The molecule has 0 unspecified atom stereocenters. The Balaban J connectivity index is 1.53. The van der Waals surface area contributed by atoms with Gasteiger partial charge in [-0.15, -0.1) is 0 Å². The third-order valence-corrected chi connectivity index (χ3v) is 7.04. The van der Waals surface area contributed by atoms with E-state index >= 15 is 0 Å². The first-order valence-electron chi connectivity index (χ1n) is 11.0. The standard InChI is InChI=1S/C27H25IN2O4S/c1-32-15-14-30-26(31)25(35-27(30)29-21-9-11-22(33-2)12-10-21)17-20-8-13-24(23(28)16-20)34-18-19-6-4-3-5-7-19/h3-13,16-17H,14-15,18H2,1-2H3/b25-17-,29-27?. The maximum absolute atomic E-state index is 13.2. The third kappa shape index (κ3) is 6.65. The van der Waals surface area contributed by atoms with Crippen LogP contribution in [0.3, 0.4) is 0 Å². The molecule has 1 aliphatic rings. The van der Waals surface area contributed by atoms with Gasteiger partial charge in [-0.25, -0.2) is 4.99 Å². The lowest BCUT2D eigenvalue weighted by Gasteiger charge is -2.14. The molecule has 1 heterocycles. The lowest BCUT2D eigenvalue weighted by atomic mass is 10.2. The van der Waals surface area contributed by atoms with Crippen molar-refractivity contribution in [2.24, 2.45) is 4.99 Å². The molecule has 180 valence electrons. The summed E-state index contributed by atoms with van der Waals surface area (Å²) in [6.45, 7) is 1.36. The maximum Gasteiger partial charge on any atom is 0.266 e. The Bertz CT molecular complexity index is 1230. The van der Waals surface area contributed by atoms with Gasteiger partial charge in [0.05, 0.1) is 34.4 Å². The molecule has 4 rings (SSSR count). The summed E-state index contributed by atoms with van der Waals surface area (Å²) in [5.74, 6) is 1.48. The molecule has 0 aliphatic carbocycles. The van der Waals surface area contributed by atoms with E-state index in [0.717, 1.165) is 31.9 Å². The molecule has 0 saturated carbocycles. The van der Waals surface area contributed by atoms with Crippen molar-refractivity contribution in [1.82, 2.24) is 4.90 Å². The van der Waals surface area contributed by atoms with Gasteiger partial charge in [-0.1, -0.05) is 36.4 Å². The van der Waals surface area contributed by atoms with Gasteiger partial charge < -0.3 is 14.2 Å². The summed E-state index contributed by atoms with van der Waals surface area (Å²) in [5.41, 5.74) is 2.79. The van der Waals surface area contributed by atoms with Crippen molar-refractivity contribution < 1.29 is 19.0 Å². The maximum atomic E-state index is 13.2. The fourth-order valence-electron chi connectivity index (χ4n) is 3.35. The molecular weight excluding hydrogens is 575 g/mol. The van der Waals surface area contributed by atoms with Gasteiger partial charge in [-0.3, -0.25) is 9.69 Å². The van der Waals surface area contributed by atoms with Crippen molar-refractivity contribution in [3.8, 4) is 11.5 Å². The Morgan fingerprint density at radius 2 is 1.80 bits per heavy atom. The molecule has 0 spiro atoms. The van der Waals surface area contributed by atoms with Crippen LogP contribution in [0.2, 0.25) is 0 Å². The molecule has 3 aromatic rings. The van der Waals surface area contributed by atoms with Crippen LogP contribution >= 0.6 is 34.4 Å². The molecule has 1 fully saturated rings. The van der Waals surface area contributed by atoms with Crippen molar-refractivity contribution in [2.75, 3.05) is 27.4 Å². The van der Waals surface area contributed by atoms with E-state index in [1.807, 2.05) is 78.9 Å². The molecule has 0 bridgehead atoms. The SMILES string of the molecule is COCCN1C(=O)/C(=C/c2ccc(OCc3ccccc3)c(I)c2)SC1=Nc1ccc(OC)cc1. The van der Waals surface area contributed by atoms with Crippen molar-refractivity contribution in [2.45, 2.75) is 6.61 Å². The number of aliphatic imine (C=N–C) groups is 1. The van der Waals surface area contributed by atoms with Crippen LogP contribution in [0, 0.1) is 3.57 Å². The molecule has 6 nitrogen and oxygen atoms in total. The number of hydrogen-bond acceptors (Lipinski definition) is 6. The Hall–Kier alpha value is -2.82. The number of methoxy groups -OCH3 is 2. The minimum absolute atomic E-state index is 0.0845. The molecule has 8 heteroatoms. The van der Waals surface area contributed by atoms with E-state index in [1.54, 1.807) is 19.1 Å². The molecule has 1 saturated heterocycles. The first-order valence-corrected chi connectivity index (χ1v) is 12.9. The zero-order valence-electron chi connectivity index (χ0n) is 19.4. The van der Waals surface area contributed by atoms with Crippen LogP contribution in [0.1, 0.15) is 11.1 Å². The average molecular weight is 600 g/mol. The van der Waals surface area contributed by atoms with Gasteiger partial charge in [-0.2, -0.15) is 0 Å². The monoisotopic (exact) mass is 600 g/mol. The number of halogens is 1. The van der Waals surface area contributed by atoms with Crippen molar-refractivity contribution in [3.63, 3.8) is 0 Å². The van der Waals surface area contributed by atoms with Gasteiger partial charge in [-0.05, 0) is 88.0 Å². The third-order valence-electron chi connectivity index (χ3n) is 5.20. The van der Waals surface area contributed by atoms with E-state index in [-0.39, 0.29) is 5.91 Å². The Morgan fingerprint density at radius 3 is 2.49 bits per heavy atom. The number of nitrogens with zero attached hydrogens (tertiary/aromatic N) is 2. The largest absolute Gasteiger partial charge is 0.497 e. The number of benzene rings is 3. The van der Waals surface area contributed by atoms with Crippen LogP contribution in [0.25, 0.3) is 6.08 Å². The summed E-state index contributed by atoms with van der Waals surface area (Å²) in [6.07, 6.45) is 1.90. The van der Waals surface area contributed by atoms with E-state index in [1.165, 1.54) is 11.8 Å². The number of ether oxygens (including phenoxy) is 3. The van der Waals surface area contributed by atoms with Crippen LogP contribution in [0.4, 0.5) is 5.69 Å². The molecule has 3 aromatic carbocycles. The molecule has 1 amide bonds. The smallest absolute Gasteiger partial charge is 0.266 e. The fourth-order valence-corrected chi connectivity index (χ4v) is 5.07. The van der Waals surface area contributed by atoms with Gasteiger partial charge in [0, 0.05) is 7.11 Å². The molecule has 35 heavy (non-hydrogen) atoms. The van der Waals surface area contributed by atoms with Crippen LogP contribution < -0.4 is 9.47 Å². The number of hydrogen-bond donors (Lipinski definition) is 0. The Kier molecular flexibility index (Phi) is 8.84. The number of carbonyl (C=O) groups is 1. The number of thioether (sulfide) groups is 1. The zero-order chi connectivity index (χ0) is 24.6.